The second-order valence-corrected chi connectivity index (χ2v) is 10.1. The highest BCUT2D eigenvalue weighted by Crippen LogP contribution is 2.36. The number of hydrogen-bond acceptors (Lipinski definition) is 4. The van der Waals surface area contributed by atoms with Crippen LogP contribution in [0.15, 0.2) is 40.2 Å². The lowest BCUT2D eigenvalue weighted by molar-refractivity contribution is -0.160. The molecule has 35 heavy (non-hydrogen) atoms. The number of allylic oxidation sites excluding steroid dienone is 1. The average molecular weight is 507 g/mol. The minimum absolute atomic E-state index is 0.0537. The van der Waals surface area contributed by atoms with Gasteiger partial charge in [0.2, 0.25) is 0 Å². The first-order valence-electron chi connectivity index (χ1n) is 11.5. The normalized spacial score (nSPS) is 20.4. The molecule has 2 aliphatic rings. The van der Waals surface area contributed by atoms with E-state index in [1.807, 2.05) is 50.4 Å². The highest BCUT2D eigenvalue weighted by Gasteiger charge is 2.40. The fourth-order valence-electron chi connectivity index (χ4n) is 5.10. The van der Waals surface area contributed by atoms with Gasteiger partial charge in [-0.3, -0.25) is 14.5 Å². The number of aliphatic imine (C=N–C) groups is 1. The van der Waals surface area contributed by atoms with Gasteiger partial charge in [-0.05, 0) is 39.2 Å². The maximum absolute atomic E-state index is 13.4. The summed E-state index contributed by atoms with van der Waals surface area (Å²) in [7, 11) is 0. The van der Waals surface area contributed by atoms with Gasteiger partial charge in [-0.2, -0.15) is 13.2 Å². The molecule has 0 saturated carbocycles. The minimum Gasteiger partial charge on any atom is -0.351 e. The summed E-state index contributed by atoms with van der Waals surface area (Å²) in [4.78, 5) is 32.1. The van der Waals surface area contributed by atoms with Crippen LogP contribution in [0, 0.1) is 18.8 Å². The fraction of sp³-hybridized carbons (Fsp3) is 0.480. The van der Waals surface area contributed by atoms with Gasteiger partial charge in [0.05, 0.1) is 18.0 Å². The molecule has 2 atom stereocenters. The molecular formula is C25H29F3N4O2S. The monoisotopic (exact) mass is 506 g/mol. The summed E-state index contributed by atoms with van der Waals surface area (Å²) in [5, 5.41) is 3.71. The zero-order valence-electron chi connectivity index (χ0n) is 20.1. The van der Waals surface area contributed by atoms with Crippen molar-refractivity contribution in [3.8, 4) is 0 Å². The van der Waals surface area contributed by atoms with Gasteiger partial charge in [0.1, 0.15) is 0 Å². The number of halogens is 3. The molecule has 2 amide bonds. The van der Waals surface area contributed by atoms with Gasteiger partial charge in [0, 0.05) is 58.8 Å². The van der Waals surface area contributed by atoms with E-state index in [4.69, 9.17) is 0 Å². The van der Waals surface area contributed by atoms with Crippen molar-refractivity contribution in [2.24, 2.45) is 16.8 Å². The SMILES string of the molecule is CSC1=CC(C)=NC(=O)C1CNC(=O)c1c(C)n([C@@H](C)C2CN(CC(F)(F)F)C2)c2ccccc12. The van der Waals surface area contributed by atoms with Crippen molar-refractivity contribution in [3.05, 3.63) is 46.5 Å². The summed E-state index contributed by atoms with van der Waals surface area (Å²) in [6.07, 6.45) is -0.449. The maximum atomic E-state index is 13.4. The Morgan fingerprint density at radius 2 is 1.94 bits per heavy atom. The van der Waals surface area contributed by atoms with Crippen LogP contribution in [0.5, 0.6) is 0 Å². The molecule has 1 aromatic heterocycles. The average Bonchev–Trinajstić information content (AvgIpc) is 3.05. The Morgan fingerprint density at radius 1 is 1.26 bits per heavy atom. The van der Waals surface area contributed by atoms with Gasteiger partial charge in [-0.25, -0.2) is 4.99 Å². The number of alkyl halides is 3. The van der Waals surface area contributed by atoms with Gasteiger partial charge < -0.3 is 9.88 Å². The summed E-state index contributed by atoms with van der Waals surface area (Å²) in [6.45, 7) is 5.60. The van der Waals surface area contributed by atoms with E-state index in [0.717, 1.165) is 21.5 Å². The van der Waals surface area contributed by atoms with Crippen LogP contribution in [0.25, 0.3) is 10.9 Å². The summed E-state index contributed by atoms with van der Waals surface area (Å²) in [5.41, 5.74) is 2.81. The molecule has 0 radical (unpaired) electrons. The molecule has 4 rings (SSSR count). The van der Waals surface area contributed by atoms with Crippen molar-refractivity contribution in [3.63, 3.8) is 0 Å². The van der Waals surface area contributed by atoms with Gasteiger partial charge >= 0.3 is 6.18 Å². The number of amides is 2. The number of benzene rings is 1. The van der Waals surface area contributed by atoms with Gasteiger partial charge in [-0.1, -0.05) is 18.2 Å². The smallest absolute Gasteiger partial charge is 0.351 e. The van der Waals surface area contributed by atoms with Gasteiger partial charge in [-0.15, -0.1) is 11.8 Å². The first-order valence-corrected chi connectivity index (χ1v) is 12.7. The number of likely N-dealkylation sites (tertiary alicyclic amines) is 1. The molecule has 0 aliphatic carbocycles. The summed E-state index contributed by atoms with van der Waals surface area (Å²) < 4.78 is 40.2. The van der Waals surface area contributed by atoms with Crippen LogP contribution in [-0.2, 0) is 4.79 Å². The van der Waals surface area contributed by atoms with E-state index in [1.165, 1.54) is 16.7 Å². The van der Waals surface area contributed by atoms with Crippen LogP contribution < -0.4 is 5.32 Å². The zero-order chi connectivity index (χ0) is 25.5. The van der Waals surface area contributed by atoms with Crippen molar-refractivity contribution in [2.45, 2.75) is 33.0 Å². The summed E-state index contributed by atoms with van der Waals surface area (Å²) in [5.74, 6) is -1.01. The molecule has 6 nitrogen and oxygen atoms in total. The topological polar surface area (TPSA) is 66.7 Å². The molecule has 1 saturated heterocycles. The van der Waals surface area contributed by atoms with Crippen LogP contribution in [0.2, 0.25) is 0 Å². The van der Waals surface area contributed by atoms with Crippen LogP contribution in [-0.4, -0.2) is 65.6 Å². The second-order valence-electron chi connectivity index (χ2n) is 9.26. The van der Waals surface area contributed by atoms with E-state index >= 15 is 0 Å². The molecule has 1 N–H and O–H groups in total. The molecule has 1 fully saturated rings. The van der Waals surface area contributed by atoms with Crippen LogP contribution >= 0.6 is 11.8 Å². The Hall–Kier alpha value is -2.59. The second kappa shape index (κ2) is 9.81. The lowest BCUT2D eigenvalue weighted by Gasteiger charge is -2.43. The molecule has 188 valence electrons. The molecule has 10 heteroatoms. The fourth-order valence-corrected chi connectivity index (χ4v) is 5.85. The van der Waals surface area contributed by atoms with E-state index in [2.05, 4.69) is 14.9 Å². The minimum atomic E-state index is -4.20. The molecule has 2 aliphatic heterocycles. The van der Waals surface area contributed by atoms with E-state index in [9.17, 15) is 22.8 Å². The highest BCUT2D eigenvalue weighted by atomic mass is 32.2. The molecule has 2 aromatic rings. The Bertz CT molecular complexity index is 1210. The largest absolute Gasteiger partial charge is 0.401 e. The lowest BCUT2D eigenvalue weighted by atomic mass is 9.92. The van der Waals surface area contributed by atoms with Crippen molar-refractivity contribution in [1.82, 2.24) is 14.8 Å². The number of nitrogens with one attached hydrogen (secondary N) is 1. The van der Waals surface area contributed by atoms with Crippen molar-refractivity contribution >= 4 is 40.2 Å². The molecule has 1 aromatic carbocycles. The van der Waals surface area contributed by atoms with Crippen LogP contribution in [0.1, 0.15) is 35.9 Å². The molecule has 0 bridgehead atoms. The van der Waals surface area contributed by atoms with Gasteiger partial charge in [0.25, 0.3) is 11.8 Å². The number of para-hydroxylation sites is 1. The maximum Gasteiger partial charge on any atom is 0.401 e. The Kier molecular flexibility index (Phi) is 7.15. The Labute approximate surface area is 206 Å². The number of nitrogens with zero attached hydrogens (tertiary/aromatic N) is 3. The number of aromatic nitrogens is 1. The standard InChI is InChI=1S/C25H29F3N4O2S/c1-14-9-21(35-4)19(23(33)30-14)10-29-24(34)22-16(3)32(20-8-6-5-7-18(20)22)15(2)17-11-31(12-17)13-25(26,27)28/h5-9,15,17,19H,10-13H2,1-4H3,(H,29,34)/t15-,19?/m0/s1. The number of fused-ring (bicyclic) bond motifs is 1. The number of hydrogen-bond donors (Lipinski definition) is 1. The quantitative estimate of drug-likeness (QED) is 0.596. The molecule has 0 spiro atoms. The number of dihydropyridines is 1. The molecule has 1 unspecified atom stereocenters. The van der Waals surface area contributed by atoms with E-state index in [-0.39, 0.29) is 30.3 Å². The zero-order valence-corrected chi connectivity index (χ0v) is 21.0. The van der Waals surface area contributed by atoms with Gasteiger partial charge in [0.15, 0.2) is 0 Å². The predicted octanol–water partition coefficient (Wildman–Crippen LogP) is 4.60. The van der Waals surface area contributed by atoms with Crippen molar-refractivity contribution in [2.75, 3.05) is 32.4 Å². The third kappa shape index (κ3) is 5.18. The van der Waals surface area contributed by atoms with Crippen LogP contribution in [0.3, 0.4) is 0 Å². The highest BCUT2D eigenvalue weighted by molar-refractivity contribution is 8.02. The van der Waals surface area contributed by atoms with E-state index in [0.29, 0.717) is 24.4 Å². The lowest BCUT2D eigenvalue weighted by Crippen LogP contribution is -2.52. The third-order valence-corrected chi connectivity index (χ3v) is 7.72. The third-order valence-electron chi connectivity index (χ3n) is 6.84. The molecule has 3 heterocycles. The first kappa shape index (κ1) is 25.5. The van der Waals surface area contributed by atoms with E-state index in [1.54, 1.807) is 6.92 Å². The van der Waals surface area contributed by atoms with E-state index < -0.39 is 18.6 Å². The van der Waals surface area contributed by atoms with Crippen molar-refractivity contribution < 1.29 is 22.8 Å². The Morgan fingerprint density at radius 3 is 2.60 bits per heavy atom. The number of carbonyl (C=O) groups is 2. The van der Waals surface area contributed by atoms with Crippen molar-refractivity contribution in [1.29, 1.82) is 0 Å². The Balaban J connectivity index is 1.55. The summed E-state index contributed by atoms with van der Waals surface area (Å²) >= 11 is 1.47. The summed E-state index contributed by atoms with van der Waals surface area (Å²) in [6, 6.07) is 7.48. The first-order chi connectivity index (χ1) is 16.5. The molecular weight excluding hydrogens is 477 g/mol. The number of rotatable bonds is 7. The van der Waals surface area contributed by atoms with Crippen LogP contribution in [0.4, 0.5) is 13.2 Å². The number of carbonyl (C=O) groups excluding carboxylic acids is 2. The predicted molar refractivity (Wildman–Crippen MR) is 133 cm³/mol. The number of thioether (sulfide) groups is 1.